The second kappa shape index (κ2) is 7.33. The third kappa shape index (κ3) is 2.73. The molecule has 0 N–H and O–H groups in total. The van der Waals surface area contributed by atoms with Crippen molar-refractivity contribution in [2.24, 2.45) is 14.1 Å². The Kier molecular flexibility index (Phi) is 4.47. The summed E-state index contributed by atoms with van der Waals surface area (Å²) in [4.78, 5) is 27.8. The van der Waals surface area contributed by atoms with E-state index in [4.69, 9.17) is 4.74 Å². The van der Waals surface area contributed by atoms with Gasteiger partial charge < -0.3 is 9.30 Å². The Morgan fingerprint density at radius 1 is 0.941 bits per heavy atom. The monoisotopic (exact) mass is 469 g/mol. The number of nitrogens with zero attached hydrogens (tertiary/aromatic N) is 3. The normalized spacial score (nSPS) is 14.6. The van der Waals surface area contributed by atoms with Crippen LogP contribution >= 0.6 is 11.3 Å². The van der Waals surface area contributed by atoms with Crippen molar-refractivity contribution in [3.05, 3.63) is 103 Å². The molecule has 0 saturated heterocycles. The number of aryl methyl sites for hydroxylation is 3. The first kappa shape index (κ1) is 20.7. The van der Waals surface area contributed by atoms with Crippen molar-refractivity contribution in [3.63, 3.8) is 0 Å². The van der Waals surface area contributed by atoms with Crippen molar-refractivity contribution < 1.29 is 4.74 Å². The van der Waals surface area contributed by atoms with Crippen molar-refractivity contribution in [2.75, 3.05) is 0 Å². The summed E-state index contributed by atoms with van der Waals surface area (Å²) in [6.45, 7) is 4.08. The zero-order chi connectivity index (χ0) is 23.7. The maximum absolute atomic E-state index is 13.7. The molecule has 0 radical (unpaired) electrons. The molecule has 170 valence electrons. The van der Waals surface area contributed by atoms with E-state index >= 15 is 0 Å². The molecule has 1 unspecified atom stereocenters. The highest BCUT2D eigenvalue weighted by molar-refractivity contribution is 7.10. The molecule has 0 saturated carbocycles. The molecular weight excluding hydrogens is 446 g/mol. The molecule has 6 rings (SSSR count). The van der Waals surface area contributed by atoms with E-state index in [0.717, 1.165) is 44.4 Å². The fourth-order valence-electron chi connectivity index (χ4n) is 5.00. The molecule has 34 heavy (non-hydrogen) atoms. The Balaban J connectivity index is 1.92. The van der Waals surface area contributed by atoms with E-state index in [0.29, 0.717) is 10.9 Å². The van der Waals surface area contributed by atoms with Crippen LogP contribution in [0.4, 0.5) is 0 Å². The van der Waals surface area contributed by atoms with E-state index in [-0.39, 0.29) is 11.2 Å². The molecular formula is C27H23N3O3S. The van der Waals surface area contributed by atoms with Crippen LogP contribution in [0.1, 0.15) is 27.8 Å². The molecule has 6 nitrogen and oxygen atoms in total. The molecule has 0 bridgehead atoms. The van der Waals surface area contributed by atoms with Gasteiger partial charge in [-0.2, -0.15) is 0 Å². The van der Waals surface area contributed by atoms with Crippen LogP contribution in [0.15, 0.2) is 69.6 Å². The fourth-order valence-corrected chi connectivity index (χ4v) is 5.75. The van der Waals surface area contributed by atoms with Crippen molar-refractivity contribution in [1.82, 2.24) is 13.7 Å². The maximum atomic E-state index is 13.7. The zero-order valence-electron chi connectivity index (χ0n) is 19.3. The predicted octanol–water partition coefficient (Wildman–Crippen LogP) is 4.86. The summed E-state index contributed by atoms with van der Waals surface area (Å²) in [7, 11) is 3.26. The Labute approximate surface area is 199 Å². The SMILES string of the molecule is Cc1ccc2c(c1)-n1c(-c3ccccc3C)c3c(=O)n(C)c(=O)n(C)c3c1C(c1cccs1)O2. The average molecular weight is 470 g/mol. The lowest BCUT2D eigenvalue weighted by molar-refractivity contribution is 0.233. The van der Waals surface area contributed by atoms with Gasteiger partial charge in [0.05, 0.1) is 32.9 Å². The summed E-state index contributed by atoms with van der Waals surface area (Å²) < 4.78 is 11.5. The molecule has 0 aliphatic carbocycles. The number of rotatable bonds is 2. The van der Waals surface area contributed by atoms with Crippen LogP contribution in [0.3, 0.4) is 0 Å². The molecule has 7 heteroatoms. The molecule has 2 aromatic carbocycles. The van der Waals surface area contributed by atoms with Gasteiger partial charge in [0.1, 0.15) is 5.75 Å². The van der Waals surface area contributed by atoms with Gasteiger partial charge >= 0.3 is 5.69 Å². The number of ether oxygens (including phenoxy) is 1. The Morgan fingerprint density at radius 3 is 2.47 bits per heavy atom. The lowest BCUT2D eigenvalue weighted by Crippen LogP contribution is -2.37. The van der Waals surface area contributed by atoms with Gasteiger partial charge in [-0.3, -0.25) is 13.9 Å². The Bertz CT molecular complexity index is 1720. The number of aromatic nitrogens is 3. The lowest BCUT2D eigenvalue weighted by Gasteiger charge is -2.29. The second-order valence-electron chi connectivity index (χ2n) is 8.80. The summed E-state index contributed by atoms with van der Waals surface area (Å²) in [5, 5.41) is 2.53. The second-order valence-corrected chi connectivity index (χ2v) is 9.78. The highest BCUT2D eigenvalue weighted by Crippen LogP contribution is 2.47. The van der Waals surface area contributed by atoms with Gasteiger partial charge in [0.25, 0.3) is 5.56 Å². The molecule has 1 aliphatic heterocycles. The number of fused-ring (bicyclic) bond motifs is 5. The molecule has 1 atom stereocenters. The fraction of sp³-hybridized carbons (Fsp3) is 0.185. The molecule has 0 spiro atoms. The van der Waals surface area contributed by atoms with Crippen molar-refractivity contribution in [1.29, 1.82) is 0 Å². The van der Waals surface area contributed by atoms with Crippen LogP contribution in [0.2, 0.25) is 0 Å². The van der Waals surface area contributed by atoms with Crippen LogP contribution in [0.25, 0.3) is 27.8 Å². The van der Waals surface area contributed by atoms with Crippen LogP contribution in [0.5, 0.6) is 5.75 Å². The Morgan fingerprint density at radius 2 is 1.74 bits per heavy atom. The summed E-state index contributed by atoms with van der Waals surface area (Å²) >= 11 is 1.60. The first-order valence-corrected chi connectivity index (χ1v) is 12.0. The van der Waals surface area contributed by atoms with Crippen LogP contribution < -0.4 is 16.0 Å². The van der Waals surface area contributed by atoms with Crippen LogP contribution in [0, 0.1) is 13.8 Å². The summed E-state index contributed by atoms with van der Waals surface area (Å²) in [6, 6.07) is 18.2. The number of hydrogen-bond donors (Lipinski definition) is 0. The third-order valence-corrected chi connectivity index (χ3v) is 7.57. The molecule has 0 amide bonds. The van der Waals surface area contributed by atoms with Crippen molar-refractivity contribution in [3.8, 4) is 22.7 Å². The van der Waals surface area contributed by atoms with Crippen LogP contribution in [-0.2, 0) is 14.1 Å². The lowest BCUT2D eigenvalue weighted by atomic mass is 10.0. The minimum Gasteiger partial charge on any atom is -0.476 e. The van der Waals surface area contributed by atoms with Crippen molar-refractivity contribution in [2.45, 2.75) is 20.0 Å². The molecule has 3 aromatic heterocycles. The quantitative estimate of drug-likeness (QED) is 0.371. The third-order valence-electron chi connectivity index (χ3n) is 6.66. The van der Waals surface area contributed by atoms with Gasteiger partial charge in [0.2, 0.25) is 0 Å². The van der Waals surface area contributed by atoms with Gasteiger partial charge in [-0.25, -0.2) is 4.79 Å². The summed E-state index contributed by atoms with van der Waals surface area (Å²) in [5.74, 6) is 0.744. The molecule has 5 aromatic rings. The molecule has 4 heterocycles. The number of thiophene rings is 1. The zero-order valence-corrected chi connectivity index (χ0v) is 20.1. The van der Waals surface area contributed by atoms with Gasteiger partial charge in [0, 0.05) is 19.7 Å². The maximum Gasteiger partial charge on any atom is 0.331 e. The highest BCUT2D eigenvalue weighted by Gasteiger charge is 2.36. The first-order chi connectivity index (χ1) is 16.4. The minimum atomic E-state index is -0.451. The van der Waals surface area contributed by atoms with Gasteiger partial charge in [0.15, 0.2) is 6.10 Å². The predicted molar refractivity (Wildman–Crippen MR) is 135 cm³/mol. The van der Waals surface area contributed by atoms with E-state index in [1.807, 2.05) is 67.8 Å². The summed E-state index contributed by atoms with van der Waals surface area (Å²) in [6.07, 6.45) is -0.451. The largest absolute Gasteiger partial charge is 0.476 e. The average Bonchev–Trinajstić information content (AvgIpc) is 3.48. The van der Waals surface area contributed by atoms with E-state index in [2.05, 4.69) is 10.6 Å². The van der Waals surface area contributed by atoms with E-state index in [1.165, 1.54) is 11.6 Å². The standard InChI is InChI=1S/C27H23N3O3S/c1-15-11-12-19-18(14-15)30-22(17-9-6-5-8-16(17)2)21-23(28(3)27(32)29(4)26(21)31)24(30)25(33-19)20-10-7-13-34-20/h5-14,25H,1-4H3. The summed E-state index contributed by atoms with van der Waals surface area (Å²) in [5.41, 5.74) is 5.48. The van der Waals surface area contributed by atoms with E-state index in [9.17, 15) is 9.59 Å². The van der Waals surface area contributed by atoms with E-state index in [1.54, 1.807) is 23.0 Å². The minimum absolute atomic E-state index is 0.308. The number of benzene rings is 2. The van der Waals surface area contributed by atoms with Crippen molar-refractivity contribution >= 4 is 22.2 Å². The van der Waals surface area contributed by atoms with Crippen LogP contribution in [-0.4, -0.2) is 13.7 Å². The Hall–Kier alpha value is -3.84. The molecule has 0 fully saturated rings. The van der Waals surface area contributed by atoms with Gasteiger partial charge in [-0.05, 0) is 48.6 Å². The number of hydrogen-bond acceptors (Lipinski definition) is 4. The first-order valence-electron chi connectivity index (χ1n) is 11.1. The van der Waals surface area contributed by atoms with E-state index < -0.39 is 6.10 Å². The topological polar surface area (TPSA) is 58.2 Å². The highest BCUT2D eigenvalue weighted by atomic mass is 32.1. The van der Waals surface area contributed by atoms with Gasteiger partial charge in [-0.15, -0.1) is 11.3 Å². The van der Waals surface area contributed by atoms with Gasteiger partial charge in [-0.1, -0.05) is 36.4 Å². The smallest absolute Gasteiger partial charge is 0.331 e. The molecule has 1 aliphatic rings.